The molecule has 0 spiro atoms. The van der Waals surface area contributed by atoms with Crippen molar-refractivity contribution in [3.63, 3.8) is 0 Å². The Hall–Kier alpha value is -2.71. The van der Waals surface area contributed by atoms with Gasteiger partial charge in [-0.1, -0.05) is 17.3 Å². The SMILES string of the molecule is COc1ccc(-c2noc(CN3CCN(C(=O)c4ccccc4Br)CC3)n2)cc1. The molecule has 0 radical (unpaired) electrons. The largest absolute Gasteiger partial charge is 0.497 e. The van der Waals surface area contributed by atoms with E-state index in [1.165, 1.54) is 0 Å². The van der Waals surface area contributed by atoms with Crippen molar-refractivity contribution in [1.82, 2.24) is 19.9 Å². The smallest absolute Gasteiger partial charge is 0.255 e. The maximum atomic E-state index is 12.7. The quantitative estimate of drug-likeness (QED) is 0.585. The Morgan fingerprint density at radius 3 is 2.52 bits per heavy atom. The average Bonchev–Trinajstić information content (AvgIpc) is 3.23. The Kier molecular flexibility index (Phi) is 5.92. The van der Waals surface area contributed by atoms with Crippen molar-refractivity contribution in [2.75, 3.05) is 33.3 Å². The van der Waals surface area contributed by atoms with Crippen LogP contribution in [-0.4, -0.2) is 59.1 Å². The van der Waals surface area contributed by atoms with Crippen molar-refractivity contribution in [2.45, 2.75) is 6.54 Å². The number of benzene rings is 2. The van der Waals surface area contributed by atoms with Gasteiger partial charge in [-0.3, -0.25) is 9.69 Å². The summed E-state index contributed by atoms with van der Waals surface area (Å²) >= 11 is 3.46. The molecule has 3 aromatic rings. The van der Waals surface area contributed by atoms with Gasteiger partial charge in [-0.05, 0) is 52.3 Å². The topological polar surface area (TPSA) is 71.7 Å². The maximum absolute atomic E-state index is 12.7. The monoisotopic (exact) mass is 456 g/mol. The fourth-order valence-corrected chi connectivity index (χ4v) is 3.74. The summed E-state index contributed by atoms with van der Waals surface area (Å²) in [6.07, 6.45) is 0. The maximum Gasteiger partial charge on any atom is 0.255 e. The molecule has 1 aromatic heterocycles. The Bertz CT molecular complexity index is 982. The summed E-state index contributed by atoms with van der Waals surface area (Å²) in [7, 11) is 1.63. The number of nitrogens with zero attached hydrogens (tertiary/aromatic N) is 4. The van der Waals surface area contributed by atoms with E-state index in [1.807, 2.05) is 53.4 Å². The Morgan fingerprint density at radius 1 is 1.10 bits per heavy atom. The molecule has 1 saturated heterocycles. The highest BCUT2D eigenvalue weighted by Gasteiger charge is 2.24. The van der Waals surface area contributed by atoms with Crippen LogP contribution in [0.25, 0.3) is 11.4 Å². The van der Waals surface area contributed by atoms with Gasteiger partial charge in [0.1, 0.15) is 5.75 Å². The fourth-order valence-electron chi connectivity index (χ4n) is 3.28. The average molecular weight is 457 g/mol. The second-order valence-corrected chi connectivity index (χ2v) is 7.64. The van der Waals surface area contributed by atoms with E-state index in [-0.39, 0.29) is 5.91 Å². The number of halogens is 1. The number of carbonyl (C=O) groups excluding carboxylic acids is 1. The molecule has 0 unspecified atom stereocenters. The molecule has 150 valence electrons. The summed E-state index contributed by atoms with van der Waals surface area (Å²) in [6, 6.07) is 15.1. The third-order valence-electron chi connectivity index (χ3n) is 4.94. The lowest BCUT2D eigenvalue weighted by atomic mass is 10.2. The lowest BCUT2D eigenvalue weighted by Crippen LogP contribution is -2.48. The molecule has 1 amide bonds. The predicted molar refractivity (Wildman–Crippen MR) is 112 cm³/mol. The molecule has 7 nitrogen and oxygen atoms in total. The molecule has 0 saturated carbocycles. The van der Waals surface area contributed by atoms with Gasteiger partial charge in [0, 0.05) is 36.2 Å². The van der Waals surface area contributed by atoms with Crippen LogP contribution in [0.1, 0.15) is 16.2 Å². The molecular weight excluding hydrogens is 436 g/mol. The first-order valence-electron chi connectivity index (χ1n) is 9.37. The van der Waals surface area contributed by atoms with E-state index in [0.717, 1.165) is 28.9 Å². The number of piperazine rings is 1. The first-order valence-corrected chi connectivity index (χ1v) is 10.2. The van der Waals surface area contributed by atoms with Crippen LogP contribution in [0, 0.1) is 0 Å². The Balaban J connectivity index is 1.33. The third-order valence-corrected chi connectivity index (χ3v) is 5.63. The highest BCUT2D eigenvalue weighted by Crippen LogP contribution is 2.21. The zero-order valence-electron chi connectivity index (χ0n) is 16.0. The number of hydrogen-bond donors (Lipinski definition) is 0. The van der Waals surface area contributed by atoms with Crippen LogP contribution in [-0.2, 0) is 6.54 Å². The fraction of sp³-hybridized carbons (Fsp3) is 0.286. The Morgan fingerprint density at radius 2 is 1.83 bits per heavy atom. The van der Waals surface area contributed by atoms with Crippen LogP contribution in [0.2, 0.25) is 0 Å². The van der Waals surface area contributed by atoms with Crippen LogP contribution in [0.4, 0.5) is 0 Å². The van der Waals surface area contributed by atoms with Crippen molar-refractivity contribution in [3.05, 3.63) is 64.5 Å². The molecule has 0 aliphatic carbocycles. The zero-order valence-corrected chi connectivity index (χ0v) is 17.6. The molecule has 2 heterocycles. The minimum absolute atomic E-state index is 0.0525. The van der Waals surface area contributed by atoms with Gasteiger partial charge in [0.2, 0.25) is 11.7 Å². The van der Waals surface area contributed by atoms with Gasteiger partial charge in [-0.25, -0.2) is 0 Å². The number of aromatic nitrogens is 2. The summed E-state index contributed by atoms with van der Waals surface area (Å²) in [4.78, 5) is 21.3. The molecule has 0 bridgehead atoms. The molecule has 4 rings (SSSR count). The zero-order chi connectivity index (χ0) is 20.2. The predicted octanol–water partition coefficient (Wildman–Crippen LogP) is 3.47. The van der Waals surface area contributed by atoms with Gasteiger partial charge in [-0.15, -0.1) is 0 Å². The lowest BCUT2D eigenvalue weighted by molar-refractivity contribution is 0.0614. The molecule has 1 fully saturated rings. The van der Waals surface area contributed by atoms with E-state index >= 15 is 0 Å². The summed E-state index contributed by atoms with van der Waals surface area (Å²) in [5, 5.41) is 4.08. The molecular formula is C21H21BrN4O3. The number of hydrogen-bond acceptors (Lipinski definition) is 6. The number of rotatable bonds is 5. The van der Waals surface area contributed by atoms with Crippen molar-refractivity contribution in [3.8, 4) is 17.1 Å². The van der Waals surface area contributed by atoms with Gasteiger partial charge < -0.3 is 14.2 Å². The minimum atomic E-state index is 0.0525. The minimum Gasteiger partial charge on any atom is -0.497 e. The number of carbonyl (C=O) groups is 1. The first-order chi connectivity index (χ1) is 14.1. The van der Waals surface area contributed by atoms with Gasteiger partial charge in [0.15, 0.2) is 0 Å². The number of methoxy groups -OCH3 is 1. The molecule has 1 aliphatic rings. The molecule has 2 aromatic carbocycles. The van der Waals surface area contributed by atoms with E-state index in [9.17, 15) is 4.79 Å². The van der Waals surface area contributed by atoms with Crippen LogP contribution in [0.15, 0.2) is 57.5 Å². The van der Waals surface area contributed by atoms with Crippen molar-refractivity contribution in [2.24, 2.45) is 0 Å². The summed E-state index contributed by atoms with van der Waals surface area (Å²) in [5.41, 5.74) is 1.58. The first kappa shape index (κ1) is 19.6. The van der Waals surface area contributed by atoms with E-state index in [2.05, 4.69) is 31.0 Å². The lowest BCUT2D eigenvalue weighted by Gasteiger charge is -2.34. The highest BCUT2D eigenvalue weighted by atomic mass is 79.9. The van der Waals surface area contributed by atoms with Crippen molar-refractivity contribution in [1.29, 1.82) is 0 Å². The van der Waals surface area contributed by atoms with Crippen LogP contribution < -0.4 is 4.74 Å². The number of ether oxygens (including phenoxy) is 1. The summed E-state index contributed by atoms with van der Waals surface area (Å²) < 4.78 is 11.4. The van der Waals surface area contributed by atoms with Crippen molar-refractivity contribution < 1.29 is 14.1 Å². The van der Waals surface area contributed by atoms with E-state index < -0.39 is 0 Å². The summed E-state index contributed by atoms with van der Waals surface area (Å²) in [5.74, 6) is 1.97. The molecule has 0 atom stereocenters. The second kappa shape index (κ2) is 8.75. The van der Waals surface area contributed by atoms with E-state index in [0.29, 0.717) is 36.9 Å². The van der Waals surface area contributed by atoms with Crippen LogP contribution >= 0.6 is 15.9 Å². The molecule has 8 heteroatoms. The Labute approximate surface area is 177 Å². The van der Waals surface area contributed by atoms with Gasteiger partial charge in [0.25, 0.3) is 5.91 Å². The van der Waals surface area contributed by atoms with Crippen LogP contribution in [0.5, 0.6) is 5.75 Å². The molecule has 0 N–H and O–H groups in total. The van der Waals surface area contributed by atoms with Crippen LogP contribution in [0.3, 0.4) is 0 Å². The number of amides is 1. The van der Waals surface area contributed by atoms with Crippen molar-refractivity contribution >= 4 is 21.8 Å². The standard InChI is InChI=1S/C21H21BrN4O3/c1-28-16-8-6-15(7-9-16)20-23-19(29-24-20)14-25-10-12-26(13-11-25)21(27)17-4-2-3-5-18(17)22/h2-9H,10-14H2,1H3. The van der Waals surface area contributed by atoms with Gasteiger partial charge in [-0.2, -0.15) is 4.98 Å². The van der Waals surface area contributed by atoms with Gasteiger partial charge >= 0.3 is 0 Å². The molecule has 1 aliphatic heterocycles. The highest BCUT2D eigenvalue weighted by molar-refractivity contribution is 9.10. The second-order valence-electron chi connectivity index (χ2n) is 6.79. The van der Waals surface area contributed by atoms with Gasteiger partial charge in [0.05, 0.1) is 19.2 Å². The normalized spacial score (nSPS) is 14.8. The third kappa shape index (κ3) is 4.49. The van der Waals surface area contributed by atoms with E-state index in [1.54, 1.807) is 7.11 Å². The summed E-state index contributed by atoms with van der Waals surface area (Å²) in [6.45, 7) is 3.42. The van der Waals surface area contributed by atoms with E-state index in [4.69, 9.17) is 9.26 Å². The molecule has 29 heavy (non-hydrogen) atoms.